The predicted molar refractivity (Wildman–Crippen MR) is 152 cm³/mol. The van der Waals surface area contributed by atoms with Crippen LogP contribution in [0.25, 0.3) is 16.9 Å². The Balaban J connectivity index is 0.00000181. The summed E-state index contributed by atoms with van der Waals surface area (Å²) in [6.07, 6.45) is 1.30. The molecule has 2 aromatic rings. The van der Waals surface area contributed by atoms with Crippen LogP contribution in [0.15, 0.2) is 41.3 Å². The number of rotatable bonds is 3. The number of anilines is 1. The number of pyridine rings is 1. The Morgan fingerprint density at radius 2 is 1.88 bits per heavy atom. The third-order valence-corrected chi connectivity index (χ3v) is 7.79. The van der Waals surface area contributed by atoms with Gasteiger partial charge in [0.05, 0.1) is 17.3 Å². The zero-order valence-electron chi connectivity index (χ0n) is 21.4. The van der Waals surface area contributed by atoms with E-state index in [4.69, 9.17) is 11.5 Å². The van der Waals surface area contributed by atoms with Gasteiger partial charge in [-0.05, 0) is 56.6 Å². The highest BCUT2D eigenvalue weighted by Crippen LogP contribution is 2.53. The zero-order valence-corrected chi connectivity index (χ0v) is 23.5. The highest BCUT2D eigenvalue weighted by Gasteiger charge is 2.64. The van der Waals surface area contributed by atoms with E-state index in [0.29, 0.717) is 16.7 Å². The van der Waals surface area contributed by atoms with Gasteiger partial charge < -0.3 is 31.9 Å². The summed E-state index contributed by atoms with van der Waals surface area (Å²) in [5.74, 6) is -8.18. The highest BCUT2D eigenvalue weighted by atomic mass is 127. The number of nitrogens with two attached hydrogens (primary N) is 2. The fraction of sp³-hybridized carbons (Fsp3) is 0.308. The number of aromatic hydroxyl groups is 1. The zero-order chi connectivity index (χ0) is 29.8. The molecule has 14 heteroatoms. The molecule has 0 aliphatic heterocycles. The van der Waals surface area contributed by atoms with Crippen molar-refractivity contribution in [2.45, 2.75) is 24.5 Å². The second kappa shape index (κ2) is 10.5. The lowest BCUT2D eigenvalue weighted by Gasteiger charge is -2.50. The number of phenolic OH excluding ortho intramolecular Hbond substituents is 1. The lowest BCUT2D eigenvalue weighted by atomic mass is 9.57. The van der Waals surface area contributed by atoms with Crippen LogP contribution >= 0.6 is 22.4 Å². The van der Waals surface area contributed by atoms with Gasteiger partial charge in [-0.3, -0.25) is 19.3 Å². The van der Waals surface area contributed by atoms with Crippen molar-refractivity contribution >= 4 is 57.0 Å². The molecule has 1 saturated carbocycles. The number of primary amides is 1. The number of halogens is 2. The summed E-state index contributed by atoms with van der Waals surface area (Å²) in [5, 5.41) is 44.6. The molecule has 40 heavy (non-hydrogen) atoms. The van der Waals surface area contributed by atoms with E-state index in [0.717, 1.165) is 6.07 Å². The van der Waals surface area contributed by atoms with Gasteiger partial charge in [0.1, 0.15) is 22.8 Å². The van der Waals surface area contributed by atoms with Crippen LogP contribution in [0.4, 0.5) is 10.1 Å². The van der Waals surface area contributed by atoms with Gasteiger partial charge in [0.2, 0.25) is 11.7 Å². The van der Waals surface area contributed by atoms with Gasteiger partial charge in [-0.1, -0.05) is 0 Å². The van der Waals surface area contributed by atoms with Crippen molar-refractivity contribution in [3.05, 3.63) is 58.4 Å². The van der Waals surface area contributed by atoms with E-state index < -0.39 is 69.7 Å². The van der Waals surface area contributed by atoms with Crippen molar-refractivity contribution in [1.82, 2.24) is 9.88 Å². The number of carbonyl (C=O) groups is 3. The molecule has 1 aromatic heterocycles. The average molecular weight is 662 g/mol. The Bertz CT molecular complexity index is 1510. The smallest absolute Gasteiger partial charge is 0.255 e. The number of carbonyl (C=O) groups excluding carboxylic acids is 3. The number of benzene rings is 1. The number of hydrogen-bond donors (Lipinski definition) is 6. The molecule has 11 nitrogen and oxygen atoms in total. The first-order valence-electron chi connectivity index (χ1n) is 11.9. The Labute approximate surface area is 242 Å². The topological polar surface area (TPSA) is 200 Å². The molecule has 0 bridgehead atoms. The minimum Gasteiger partial charge on any atom is -0.508 e. The Kier molecular flexibility index (Phi) is 7.73. The molecule has 8 N–H and O–H groups in total. The first kappa shape index (κ1) is 29.5. The summed E-state index contributed by atoms with van der Waals surface area (Å²) in [5.41, 5.74) is 12.9. The summed E-state index contributed by atoms with van der Waals surface area (Å²) < 4.78 is 13.4. The monoisotopic (exact) mass is 662 g/mol. The van der Waals surface area contributed by atoms with Gasteiger partial charge in [-0.2, -0.15) is 26.8 Å². The largest absolute Gasteiger partial charge is 0.508 e. The maximum Gasteiger partial charge on any atom is 0.255 e. The maximum absolute atomic E-state index is 13.8. The number of phenols is 1. The van der Waals surface area contributed by atoms with E-state index in [2.05, 4.69) is 10.7 Å². The van der Waals surface area contributed by atoms with Crippen molar-refractivity contribution in [3.8, 4) is 16.9 Å². The van der Waals surface area contributed by atoms with E-state index in [-0.39, 0.29) is 29.7 Å². The number of nitrogen functional groups attached to an aromatic ring is 1. The maximum atomic E-state index is 13.8. The fourth-order valence-corrected chi connectivity index (χ4v) is 6.09. The lowest BCUT2D eigenvalue weighted by Crippen LogP contribution is -2.65. The van der Waals surface area contributed by atoms with Gasteiger partial charge in [0.15, 0.2) is 17.1 Å². The van der Waals surface area contributed by atoms with Crippen LogP contribution in [-0.4, -0.2) is 79.2 Å². The molecule has 3 aliphatic rings. The van der Waals surface area contributed by atoms with Crippen molar-refractivity contribution in [3.63, 3.8) is 0 Å². The number of ketones is 2. The molecule has 1 aromatic carbocycles. The normalized spacial score (nSPS) is 25.6. The first-order valence-corrected chi connectivity index (χ1v) is 13.2. The molecule has 1 heterocycles. The molecule has 2 radical (unpaired) electrons. The lowest BCUT2D eigenvalue weighted by molar-refractivity contribution is -0.153. The van der Waals surface area contributed by atoms with Gasteiger partial charge in [-0.25, -0.2) is 4.98 Å². The van der Waals surface area contributed by atoms with Crippen molar-refractivity contribution in [1.29, 1.82) is 0 Å². The van der Waals surface area contributed by atoms with Crippen LogP contribution in [0.5, 0.6) is 5.75 Å². The second-order valence-corrected chi connectivity index (χ2v) is 10.1. The third-order valence-electron chi connectivity index (χ3n) is 7.79. The summed E-state index contributed by atoms with van der Waals surface area (Å²) in [6.45, 7) is 0. The SMILES string of the molecule is CN(C)[C@@H]1C(=O)C(C(N)=O)=C(O)[C@@]2(O)C(=O)C3=C(O)c4c(cc(-c5ccc(F)nc5)c(N)c4O)C[C@H]3C[C@@H]12.[B]I. The van der Waals surface area contributed by atoms with E-state index in [1.54, 1.807) is 28.4 Å². The van der Waals surface area contributed by atoms with E-state index in [1.807, 2.05) is 0 Å². The number of hydrogen-bond acceptors (Lipinski definition) is 10. The predicted octanol–water partition coefficient (Wildman–Crippen LogP) is 1.25. The Morgan fingerprint density at radius 1 is 1.23 bits per heavy atom. The van der Waals surface area contributed by atoms with Crippen LogP contribution in [-0.2, 0) is 20.8 Å². The molecule has 1 amide bonds. The molecule has 1 fully saturated rings. The summed E-state index contributed by atoms with van der Waals surface area (Å²) in [6, 6.07) is 2.97. The molecular formula is C26H25BFIN4O7. The van der Waals surface area contributed by atoms with E-state index >= 15 is 0 Å². The van der Waals surface area contributed by atoms with Gasteiger partial charge >= 0.3 is 0 Å². The van der Waals surface area contributed by atoms with Crippen LogP contribution in [0.1, 0.15) is 17.5 Å². The van der Waals surface area contributed by atoms with Crippen LogP contribution in [0, 0.1) is 17.8 Å². The molecule has 0 saturated heterocycles. The van der Waals surface area contributed by atoms with Crippen molar-refractivity contribution in [2.24, 2.45) is 17.6 Å². The van der Waals surface area contributed by atoms with E-state index in [1.165, 1.54) is 31.3 Å². The molecular weight excluding hydrogens is 637 g/mol. The quantitative estimate of drug-likeness (QED) is 0.0695. The van der Waals surface area contributed by atoms with Gasteiger partial charge in [0, 0.05) is 28.8 Å². The number of Topliss-reactive ketones (excluding diaryl/α,β-unsaturated/α-hetero) is 2. The van der Waals surface area contributed by atoms with Crippen molar-refractivity contribution in [2.75, 3.05) is 19.8 Å². The third kappa shape index (κ3) is 4.16. The molecule has 5 rings (SSSR count). The number of aromatic nitrogens is 1. The first-order chi connectivity index (χ1) is 18.8. The van der Waals surface area contributed by atoms with Gasteiger partial charge in [-0.15, -0.1) is 0 Å². The standard InChI is InChI=1S/C26H25FN4O7.BI/c1-31(2)19-13-7-11-5-10-6-12(9-3-4-14(27)30-8-9)18(28)21(33)15(10)20(32)16(11)23(35)26(13,38)24(36)17(22(19)34)25(29)37;1-2/h3-4,6,8,11,13,19,32-33,36,38H,5,7,28H2,1-2H3,(H2,29,37);/t11-,13-,19-,26-;/m0./s1. The number of likely N-dealkylation sites (N-methyl/N-ethyl adjacent to an activating group) is 1. The summed E-state index contributed by atoms with van der Waals surface area (Å²) in [4.78, 5) is 44.0. The number of nitrogens with zero attached hydrogens (tertiary/aromatic N) is 2. The minimum absolute atomic E-state index is 0.0374. The summed E-state index contributed by atoms with van der Waals surface area (Å²) >= 11 is 1.65. The van der Waals surface area contributed by atoms with E-state index in [9.17, 15) is 39.2 Å². The van der Waals surface area contributed by atoms with Gasteiger partial charge in [0.25, 0.3) is 5.91 Å². The molecule has 3 aliphatic carbocycles. The average Bonchev–Trinajstić information content (AvgIpc) is 2.89. The van der Waals surface area contributed by atoms with Crippen molar-refractivity contribution < 1.29 is 39.2 Å². The second-order valence-electron chi connectivity index (χ2n) is 10.1. The summed E-state index contributed by atoms with van der Waals surface area (Å²) in [7, 11) is 3.05. The fourth-order valence-electron chi connectivity index (χ4n) is 6.09. The van der Waals surface area contributed by atoms with Crippen LogP contribution < -0.4 is 11.5 Å². The Hall–Kier alpha value is -3.50. The Morgan fingerprint density at radius 3 is 2.42 bits per heavy atom. The molecule has 4 atom stereocenters. The minimum atomic E-state index is -2.72. The number of amides is 1. The molecule has 208 valence electrons. The number of fused-ring (bicyclic) bond motifs is 3. The highest BCUT2D eigenvalue weighted by molar-refractivity contribution is 14.1. The number of aliphatic hydroxyl groups is 3. The molecule has 0 spiro atoms. The van der Waals surface area contributed by atoms with Crippen LogP contribution in [0.3, 0.4) is 0 Å². The number of aliphatic hydroxyl groups excluding tert-OH is 2. The molecule has 0 unspecified atom stereocenters. The van der Waals surface area contributed by atoms with Crippen LogP contribution in [0.2, 0.25) is 0 Å².